The molecule has 0 saturated heterocycles. The Morgan fingerprint density at radius 2 is 1.92 bits per heavy atom. The molecule has 3 N–H and O–H groups in total. The Bertz CT molecular complexity index is 626. The van der Waals surface area contributed by atoms with Crippen molar-refractivity contribution in [1.29, 1.82) is 0 Å². The molecule has 0 bridgehead atoms. The van der Waals surface area contributed by atoms with Crippen molar-refractivity contribution in [3.8, 4) is 0 Å². The van der Waals surface area contributed by atoms with Gasteiger partial charge in [-0.2, -0.15) is 0 Å². The summed E-state index contributed by atoms with van der Waals surface area (Å²) in [5, 5.41) is 14.6. The van der Waals surface area contributed by atoms with E-state index in [9.17, 15) is 14.4 Å². The summed E-state index contributed by atoms with van der Waals surface area (Å²) in [7, 11) is 0. The second-order valence-electron chi connectivity index (χ2n) is 7.07. The summed E-state index contributed by atoms with van der Waals surface area (Å²) in [5.74, 6) is -1.88. The zero-order chi connectivity index (χ0) is 19.0. The van der Waals surface area contributed by atoms with Crippen LogP contribution in [0, 0.1) is 5.41 Å². The van der Waals surface area contributed by atoms with E-state index in [4.69, 9.17) is 16.7 Å². The van der Waals surface area contributed by atoms with Gasteiger partial charge in [0.15, 0.2) is 0 Å². The van der Waals surface area contributed by atoms with Crippen molar-refractivity contribution in [2.45, 2.75) is 46.1 Å². The lowest BCUT2D eigenvalue weighted by Crippen LogP contribution is -2.47. The fraction of sp³-hybridized carbons (Fsp3) is 0.500. The molecule has 0 spiro atoms. The van der Waals surface area contributed by atoms with Crippen molar-refractivity contribution in [3.05, 3.63) is 34.9 Å². The summed E-state index contributed by atoms with van der Waals surface area (Å²) in [6.07, 6.45) is 0.572. The maximum absolute atomic E-state index is 12.3. The molecule has 1 rings (SSSR count). The van der Waals surface area contributed by atoms with Gasteiger partial charge in [-0.3, -0.25) is 14.4 Å². The van der Waals surface area contributed by atoms with Crippen LogP contribution in [0.15, 0.2) is 24.3 Å². The van der Waals surface area contributed by atoms with Crippen LogP contribution in [0.4, 0.5) is 0 Å². The molecular weight excluding hydrogens is 344 g/mol. The van der Waals surface area contributed by atoms with Crippen LogP contribution in [0.1, 0.15) is 50.4 Å². The monoisotopic (exact) mass is 368 g/mol. The molecule has 25 heavy (non-hydrogen) atoms. The lowest BCUT2D eigenvalue weighted by atomic mass is 9.92. The molecule has 0 aromatic heterocycles. The highest BCUT2D eigenvalue weighted by Gasteiger charge is 2.22. The molecule has 0 heterocycles. The van der Waals surface area contributed by atoms with E-state index in [2.05, 4.69) is 31.4 Å². The molecule has 1 aromatic carbocycles. The average Bonchev–Trinajstić information content (AvgIpc) is 2.49. The van der Waals surface area contributed by atoms with Crippen molar-refractivity contribution < 1.29 is 19.5 Å². The number of benzene rings is 1. The maximum Gasteiger partial charge on any atom is 0.303 e. The molecule has 0 aliphatic heterocycles. The number of carbonyl (C=O) groups excluding carboxylic acids is 2. The zero-order valence-electron chi connectivity index (χ0n) is 14.8. The van der Waals surface area contributed by atoms with Gasteiger partial charge in [-0.1, -0.05) is 38.4 Å². The minimum Gasteiger partial charge on any atom is -0.481 e. The van der Waals surface area contributed by atoms with E-state index in [1.165, 1.54) is 6.07 Å². The first kappa shape index (κ1) is 21.0. The van der Waals surface area contributed by atoms with Crippen LogP contribution in [-0.2, 0) is 9.59 Å². The van der Waals surface area contributed by atoms with Gasteiger partial charge in [0.2, 0.25) is 5.91 Å². The third-order valence-corrected chi connectivity index (χ3v) is 3.76. The largest absolute Gasteiger partial charge is 0.481 e. The number of aliphatic carboxylic acids is 1. The Kier molecular flexibility index (Phi) is 7.90. The van der Waals surface area contributed by atoms with E-state index in [1.54, 1.807) is 18.2 Å². The van der Waals surface area contributed by atoms with Gasteiger partial charge in [0.05, 0.1) is 0 Å². The van der Waals surface area contributed by atoms with Crippen molar-refractivity contribution >= 4 is 29.4 Å². The van der Waals surface area contributed by atoms with Gasteiger partial charge in [-0.05, 0) is 36.5 Å². The van der Waals surface area contributed by atoms with E-state index in [0.29, 0.717) is 17.1 Å². The number of carboxylic acids is 1. The van der Waals surface area contributed by atoms with Gasteiger partial charge < -0.3 is 15.7 Å². The fourth-order valence-electron chi connectivity index (χ4n) is 2.09. The third-order valence-electron chi connectivity index (χ3n) is 3.53. The Morgan fingerprint density at radius 1 is 1.24 bits per heavy atom. The smallest absolute Gasteiger partial charge is 0.303 e. The van der Waals surface area contributed by atoms with Crippen LogP contribution in [0.2, 0.25) is 5.02 Å². The molecule has 0 radical (unpaired) electrons. The molecule has 138 valence electrons. The van der Waals surface area contributed by atoms with Crippen molar-refractivity contribution in [2.24, 2.45) is 5.41 Å². The number of halogens is 1. The van der Waals surface area contributed by atoms with Crippen molar-refractivity contribution in [1.82, 2.24) is 10.6 Å². The molecule has 0 saturated carbocycles. The Labute approximate surface area is 152 Å². The number of hydrogen-bond acceptors (Lipinski definition) is 3. The van der Waals surface area contributed by atoms with Crippen LogP contribution in [0.5, 0.6) is 0 Å². The number of nitrogens with one attached hydrogen (secondary N) is 2. The topological polar surface area (TPSA) is 95.5 Å². The fourth-order valence-corrected chi connectivity index (χ4v) is 2.28. The van der Waals surface area contributed by atoms with Gasteiger partial charge in [0, 0.05) is 23.6 Å². The van der Waals surface area contributed by atoms with E-state index in [0.717, 1.165) is 6.42 Å². The van der Waals surface area contributed by atoms with E-state index < -0.39 is 17.9 Å². The van der Waals surface area contributed by atoms with Gasteiger partial charge in [-0.25, -0.2) is 0 Å². The van der Waals surface area contributed by atoms with Crippen LogP contribution in [0.25, 0.3) is 0 Å². The van der Waals surface area contributed by atoms with Gasteiger partial charge in [-0.15, -0.1) is 0 Å². The van der Waals surface area contributed by atoms with Crippen LogP contribution >= 0.6 is 11.6 Å². The van der Waals surface area contributed by atoms with Gasteiger partial charge in [0.1, 0.15) is 6.04 Å². The first-order chi connectivity index (χ1) is 11.6. The van der Waals surface area contributed by atoms with E-state index >= 15 is 0 Å². The molecule has 1 aromatic rings. The minimum atomic E-state index is -1.02. The number of carbonyl (C=O) groups is 3. The predicted octanol–water partition coefficient (Wildman–Crippen LogP) is 2.86. The van der Waals surface area contributed by atoms with Crippen LogP contribution < -0.4 is 10.6 Å². The molecule has 0 aliphatic rings. The van der Waals surface area contributed by atoms with Crippen molar-refractivity contribution in [3.63, 3.8) is 0 Å². The van der Waals surface area contributed by atoms with E-state index in [1.807, 2.05) is 0 Å². The van der Waals surface area contributed by atoms with Crippen LogP contribution in [-0.4, -0.2) is 35.5 Å². The van der Waals surface area contributed by atoms with Crippen molar-refractivity contribution in [2.75, 3.05) is 6.54 Å². The van der Waals surface area contributed by atoms with E-state index in [-0.39, 0.29) is 24.2 Å². The number of rotatable bonds is 8. The Hall–Kier alpha value is -2.08. The minimum absolute atomic E-state index is 0.0169. The van der Waals surface area contributed by atoms with Crippen LogP contribution in [0.3, 0.4) is 0 Å². The first-order valence-electron chi connectivity index (χ1n) is 8.14. The highest BCUT2D eigenvalue weighted by Crippen LogP contribution is 2.17. The molecule has 0 unspecified atom stereocenters. The number of amides is 2. The molecule has 6 nitrogen and oxygen atoms in total. The van der Waals surface area contributed by atoms with Gasteiger partial charge >= 0.3 is 5.97 Å². The third kappa shape index (κ3) is 8.54. The normalized spacial score (nSPS) is 12.3. The second kappa shape index (κ2) is 9.42. The Balaban J connectivity index is 2.72. The number of hydrogen-bond donors (Lipinski definition) is 3. The highest BCUT2D eigenvalue weighted by molar-refractivity contribution is 6.31. The highest BCUT2D eigenvalue weighted by atomic mass is 35.5. The molecular formula is C18H25ClN2O4. The number of carboxylic acid groups (broad SMARTS) is 1. The summed E-state index contributed by atoms with van der Waals surface area (Å²) < 4.78 is 0. The lowest BCUT2D eigenvalue weighted by Gasteiger charge is -2.21. The average molecular weight is 369 g/mol. The summed E-state index contributed by atoms with van der Waals surface area (Å²) in [5.41, 5.74) is 0.378. The SMILES string of the molecule is CC(C)(C)CCNC(=O)[C@@H](CCC(=O)O)NC(=O)c1cccc(Cl)c1. The zero-order valence-corrected chi connectivity index (χ0v) is 15.5. The molecule has 0 fully saturated rings. The maximum atomic E-state index is 12.3. The Morgan fingerprint density at radius 3 is 2.48 bits per heavy atom. The molecule has 2 amide bonds. The summed E-state index contributed by atoms with van der Waals surface area (Å²) >= 11 is 5.86. The standard InChI is InChI=1S/C18H25ClN2O4/c1-18(2,3)9-10-20-17(25)14(7-8-15(22)23)21-16(24)12-5-4-6-13(19)11-12/h4-6,11,14H,7-10H2,1-3H3,(H,20,25)(H,21,24)(H,22,23)/t14-/m1/s1. The lowest BCUT2D eigenvalue weighted by molar-refractivity contribution is -0.137. The summed E-state index contributed by atoms with van der Waals surface area (Å²) in [6.45, 7) is 6.63. The second-order valence-corrected chi connectivity index (χ2v) is 7.51. The van der Waals surface area contributed by atoms with Gasteiger partial charge in [0.25, 0.3) is 5.91 Å². The predicted molar refractivity (Wildman–Crippen MR) is 96.7 cm³/mol. The molecule has 7 heteroatoms. The summed E-state index contributed by atoms with van der Waals surface area (Å²) in [4.78, 5) is 35.4. The molecule has 0 aliphatic carbocycles. The molecule has 1 atom stereocenters. The summed E-state index contributed by atoms with van der Waals surface area (Å²) in [6, 6.07) is 5.42. The quantitative estimate of drug-likeness (QED) is 0.657. The first-order valence-corrected chi connectivity index (χ1v) is 8.52.